The molecule has 0 aliphatic rings. The number of thiocarbonyl (C=S) groups is 1. The molecule has 76 valence electrons. The van der Waals surface area contributed by atoms with E-state index in [0.717, 1.165) is 10.3 Å². The lowest BCUT2D eigenvalue weighted by molar-refractivity contribution is 1.17. The van der Waals surface area contributed by atoms with Gasteiger partial charge in [0.15, 0.2) is 5.11 Å². The fourth-order valence-corrected chi connectivity index (χ4v) is 1.55. The Morgan fingerprint density at radius 2 is 2.07 bits per heavy atom. The Labute approximate surface area is 101 Å². The number of rotatable bonds is 1. The van der Waals surface area contributed by atoms with Crippen LogP contribution in [-0.4, -0.2) is 14.7 Å². The van der Waals surface area contributed by atoms with E-state index in [0.29, 0.717) is 5.11 Å². The molecule has 0 amide bonds. The number of nitrogens with zero attached hydrogens (tertiary/aromatic N) is 2. The molecule has 0 atom stereocenters. The minimum Gasteiger partial charge on any atom is -0.317 e. The summed E-state index contributed by atoms with van der Waals surface area (Å²) in [5, 5.41) is 3.64. The van der Waals surface area contributed by atoms with Crippen molar-refractivity contribution in [3.63, 3.8) is 0 Å². The third kappa shape index (κ3) is 2.64. The molecular weight excluding hydrogens is 274 g/mol. The van der Waals surface area contributed by atoms with Crippen molar-refractivity contribution in [2.75, 3.05) is 5.32 Å². The van der Waals surface area contributed by atoms with E-state index in [1.54, 1.807) is 6.20 Å². The lowest BCUT2D eigenvalue weighted by Gasteiger charge is -2.07. The van der Waals surface area contributed by atoms with Crippen molar-refractivity contribution in [3.8, 4) is 0 Å². The minimum atomic E-state index is 0.606. The van der Waals surface area contributed by atoms with Gasteiger partial charge in [-0.25, -0.2) is 4.98 Å². The highest BCUT2D eigenvalue weighted by atomic mass is 79.9. The summed E-state index contributed by atoms with van der Waals surface area (Å²) in [7, 11) is 0. The molecule has 2 aromatic rings. The van der Waals surface area contributed by atoms with Crippen LogP contribution in [-0.2, 0) is 0 Å². The first-order valence-corrected chi connectivity index (χ1v) is 5.52. The predicted molar refractivity (Wildman–Crippen MR) is 68.0 cm³/mol. The molecule has 0 aliphatic heterocycles. The zero-order chi connectivity index (χ0) is 10.7. The molecule has 1 N–H and O–H groups in total. The molecule has 0 fully saturated rings. The first-order valence-electron chi connectivity index (χ1n) is 4.31. The van der Waals surface area contributed by atoms with Gasteiger partial charge in [-0.3, -0.25) is 0 Å². The van der Waals surface area contributed by atoms with Crippen LogP contribution in [0.25, 0.3) is 0 Å². The van der Waals surface area contributed by atoms with Gasteiger partial charge in [-0.15, -0.1) is 0 Å². The van der Waals surface area contributed by atoms with Gasteiger partial charge in [0.1, 0.15) is 5.82 Å². The fraction of sp³-hybridized carbons (Fsp3) is 0. The summed E-state index contributed by atoms with van der Waals surface area (Å²) in [6.07, 6.45) is 5.49. The van der Waals surface area contributed by atoms with Crippen molar-refractivity contribution in [2.24, 2.45) is 0 Å². The zero-order valence-corrected chi connectivity index (χ0v) is 10.1. The Morgan fingerprint density at radius 1 is 1.33 bits per heavy atom. The van der Waals surface area contributed by atoms with Crippen LogP contribution in [0.3, 0.4) is 0 Å². The van der Waals surface area contributed by atoms with Gasteiger partial charge >= 0.3 is 0 Å². The summed E-state index contributed by atoms with van der Waals surface area (Å²) in [4.78, 5) is 4.17. The van der Waals surface area contributed by atoms with Crippen molar-refractivity contribution >= 4 is 39.1 Å². The number of hydrogen-bond donors (Lipinski definition) is 1. The molecule has 0 aromatic carbocycles. The number of nitrogens with one attached hydrogen (secondary N) is 1. The summed E-state index contributed by atoms with van der Waals surface area (Å²) < 4.78 is 2.76. The highest BCUT2D eigenvalue weighted by Gasteiger charge is 1.99. The second-order valence-electron chi connectivity index (χ2n) is 2.88. The Morgan fingerprint density at radius 3 is 2.67 bits per heavy atom. The maximum absolute atomic E-state index is 5.19. The molecule has 3 nitrogen and oxygen atoms in total. The molecule has 0 saturated heterocycles. The fourth-order valence-electron chi connectivity index (χ4n) is 1.09. The van der Waals surface area contributed by atoms with Crippen LogP contribution in [0.15, 0.2) is 47.3 Å². The normalized spacial score (nSPS) is 9.93. The van der Waals surface area contributed by atoms with Crippen LogP contribution < -0.4 is 5.32 Å². The molecule has 15 heavy (non-hydrogen) atoms. The number of pyridine rings is 1. The number of aromatic nitrogens is 2. The third-order valence-electron chi connectivity index (χ3n) is 1.80. The Kier molecular flexibility index (Phi) is 3.13. The molecule has 0 spiro atoms. The number of hydrogen-bond acceptors (Lipinski definition) is 2. The van der Waals surface area contributed by atoms with Crippen LogP contribution >= 0.6 is 28.1 Å². The van der Waals surface area contributed by atoms with E-state index in [4.69, 9.17) is 12.2 Å². The second-order valence-corrected chi connectivity index (χ2v) is 4.18. The third-order valence-corrected chi connectivity index (χ3v) is 2.58. The van der Waals surface area contributed by atoms with Crippen LogP contribution in [0.1, 0.15) is 0 Å². The summed E-state index contributed by atoms with van der Waals surface area (Å²) in [6, 6.07) is 7.61. The molecule has 0 aliphatic carbocycles. The van der Waals surface area contributed by atoms with Gasteiger partial charge in [0, 0.05) is 23.1 Å². The molecule has 0 bridgehead atoms. The van der Waals surface area contributed by atoms with Crippen LogP contribution in [0, 0.1) is 0 Å². The van der Waals surface area contributed by atoms with Crippen molar-refractivity contribution in [1.29, 1.82) is 0 Å². The van der Waals surface area contributed by atoms with E-state index >= 15 is 0 Å². The summed E-state index contributed by atoms with van der Waals surface area (Å²) in [6.45, 7) is 0. The molecule has 0 saturated carbocycles. The van der Waals surface area contributed by atoms with Crippen LogP contribution in [0.5, 0.6) is 0 Å². The average molecular weight is 282 g/mol. The van der Waals surface area contributed by atoms with Crippen LogP contribution in [0.2, 0.25) is 0 Å². The lowest BCUT2D eigenvalue weighted by atomic mass is 10.5. The molecule has 5 heteroatoms. The van der Waals surface area contributed by atoms with Gasteiger partial charge in [0.25, 0.3) is 0 Å². The second kappa shape index (κ2) is 4.55. The van der Waals surface area contributed by atoms with Gasteiger partial charge in [-0.05, 0) is 52.4 Å². The van der Waals surface area contributed by atoms with Crippen molar-refractivity contribution in [2.45, 2.75) is 0 Å². The largest absolute Gasteiger partial charge is 0.317 e. The smallest absolute Gasteiger partial charge is 0.182 e. The number of anilines is 1. The van der Waals surface area contributed by atoms with Crippen molar-refractivity contribution in [1.82, 2.24) is 9.55 Å². The van der Waals surface area contributed by atoms with Gasteiger partial charge in [-0.1, -0.05) is 0 Å². The molecule has 0 radical (unpaired) electrons. The highest BCUT2D eigenvalue weighted by Crippen LogP contribution is 2.10. The first-order chi connectivity index (χ1) is 7.25. The van der Waals surface area contributed by atoms with Crippen molar-refractivity contribution < 1.29 is 0 Å². The quantitative estimate of drug-likeness (QED) is 0.816. The highest BCUT2D eigenvalue weighted by molar-refractivity contribution is 9.10. The van der Waals surface area contributed by atoms with Gasteiger partial charge in [0.05, 0.1) is 0 Å². The maximum atomic E-state index is 5.19. The van der Waals surface area contributed by atoms with E-state index in [9.17, 15) is 0 Å². The van der Waals surface area contributed by atoms with E-state index in [2.05, 4.69) is 26.2 Å². The van der Waals surface area contributed by atoms with Gasteiger partial charge < -0.3 is 9.88 Å². The SMILES string of the molecule is S=C(Nc1ccc(Br)cn1)n1cccc1. The minimum absolute atomic E-state index is 0.606. The molecule has 2 aromatic heterocycles. The van der Waals surface area contributed by atoms with E-state index < -0.39 is 0 Å². The predicted octanol–water partition coefficient (Wildman–Crippen LogP) is 2.89. The van der Waals surface area contributed by atoms with E-state index in [1.807, 2.05) is 41.2 Å². The maximum Gasteiger partial charge on any atom is 0.182 e. The van der Waals surface area contributed by atoms with Gasteiger partial charge in [0.2, 0.25) is 0 Å². The first kappa shape index (κ1) is 10.3. The van der Waals surface area contributed by atoms with Crippen LogP contribution in [0.4, 0.5) is 5.82 Å². The Balaban J connectivity index is 2.09. The van der Waals surface area contributed by atoms with Gasteiger partial charge in [-0.2, -0.15) is 0 Å². The summed E-state index contributed by atoms with van der Waals surface area (Å²) in [5.41, 5.74) is 0. The molecular formula is C10H8BrN3S. The lowest BCUT2D eigenvalue weighted by Crippen LogP contribution is -2.17. The average Bonchev–Trinajstić information content (AvgIpc) is 2.74. The van der Waals surface area contributed by atoms with E-state index in [-0.39, 0.29) is 0 Å². The zero-order valence-electron chi connectivity index (χ0n) is 7.72. The molecule has 0 unspecified atom stereocenters. The number of halogens is 1. The summed E-state index contributed by atoms with van der Waals surface area (Å²) >= 11 is 8.51. The Bertz CT molecular complexity index is 450. The summed E-state index contributed by atoms with van der Waals surface area (Å²) in [5.74, 6) is 0.733. The monoisotopic (exact) mass is 281 g/mol. The van der Waals surface area contributed by atoms with Crippen molar-refractivity contribution in [3.05, 3.63) is 47.3 Å². The molecule has 2 rings (SSSR count). The standard InChI is InChI=1S/C10H8BrN3S/c11-8-3-4-9(12-7-8)13-10(15)14-5-1-2-6-14/h1-7H,(H,12,13,15). The van der Waals surface area contributed by atoms with E-state index in [1.165, 1.54) is 0 Å². The Hall–Kier alpha value is -1.20. The topological polar surface area (TPSA) is 29.9 Å². The molecule has 2 heterocycles.